The lowest BCUT2D eigenvalue weighted by Gasteiger charge is -2.21. The second-order valence-electron chi connectivity index (χ2n) is 9.20. The van der Waals surface area contributed by atoms with E-state index in [0.717, 1.165) is 11.1 Å². The summed E-state index contributed by atoms with van der Waals surface area (Å²) in [6, 6.07) is 16.3. The molecule has 8 nitrogen and oxygen atoms in total. The highest BCUT2D eigenvalue weighted by atomic mass is 35.5. The summed E-state index contributed by atoms with van der Waals surface area (Å²) >= 11 is 23.6. The van der Waals surface area contributed by atoms with Gasteiger partial charge in [0.15, 0.2) is 5.78 Å². The van der Waals surface area contributed by atoms with Crippen molar-refractivity contribution in [1.82, 2.24) is 5.01 Å². The third-order valence-electron chi connectivity index (χ3n) is 6.06. The fourth-order valence-electron chi connectivity index (χ4n) is 4.04. The first-order valence-electron chi connectivity index (χ1n) is 13.2. The highest BCUT2D eigenvalue weighted by molar-refractivity contribution is 6.36. The number of esters is 2. The summed E-state index contributed by atoms with van der Waals surface area (Å²) in [5.41, 5.74) is 3.00. The molecule has 0 aliphatic carbocycles. The Morgan fingerprint density at radius 1 is 0.814 bits per heavy atom. The van der Waals surface area contributed by atoms with Crippen molar-refractivity contribution in [2.24, 2.45) is 5.10 Å². The Bertz CT molecular complexity index is 1500. The highest BCUT2D eigenvalue weighted by Crippen LogP contribution is 2.29. The van der Waals surface area contributed by atoms with Crippen molar-refractivity contribution in [3.63, 3.8) is 0 Å². The number of Topliss-reactive ketones (excluding diaryl/α,β-unsaturated/α-hetero) is 1. The van der Waals surface area contributed by atoms with E-state index in [9.17, 15) is 19.2 Å². The first-order chi connectivity index (χ1) is 20.4. The molecule has 4 rings (SSSR count). The van der Waals surface area contributed by atoms with E-state index in [1.54, 1.807) is 56.3 Å². The van der Waals surface area contributed by atoms with Crippen LogP contribution >= 0.6 is 46.4 Å². The minimum absolute atomic E-state index is 0.108. The van der Waals surface area contributed by atoms with Crippen LogP contribution in [0.4, 0.5) is 0 Å². The fraction of sp³-hybridized carbons (Fsp3) is 0.258. The average molecular weight is 666 g/mol. The van der Waals surface area contributed by atoms with Gasteiger partial charge in [0, 0.05) is 31.2 Å². The number of rotatable bonds is 9. The van der Waals surface area contributed by atoms with Gasteiger partial charge in [0.05, 0.1) is 37.0 Å². The van der Waals surface area contributed by atoms with Crippen LogP contribution in [-0.2, 0) is 19.1 Å². The molecule has 0 unspecified atom stereocenters. The van der Waals surface area contributed by atoms with Gasteiger partial charge in [-0.05, 0) is 74.9 Å². The third-order valence-corrected chi connectivity index (χ3v) is 6.94. The van der Waals surface area contributed by atoms with E-state index in [1.165, 1.54) is 23.2 Å². The molecule has 0 aromatic heterocycles. The van der Waals surface area contributed by atoms with Crippen molar-refractivity contribution in [3.05, 3.63) is 103 Å². The molecule has 3 aromatic carbocycles. The summed E-state index contributed by atoms with van der Waals surface area (Å²) in [6.07, 6.45) is -0.119. The van der Waals surface area contributed by atoms with E-state index in [2.05, 4.69) is 9.84 Å². The van der Waals surface area contributed by atoms with Crippen molar-refractivity contribution in [2.75, 3.05) is 13.2 Å². The normalized spacial score (nSPS) is 13.0. The Balaban J connectivity index is 0.000000271. The molecule has 43 heavy (non-hydrogen) atoms. The summed E-state index contributed by atoms with van der Waals surface area (Å²) in [7, 11) is 0. The molecular weight excluding hydrogens is 638 g/mol. The van der Waals surface area contributed by atoms with Gasteiger partial charge >= 0.3 is 11.9 Å². The number of hydrogen-bond donors (Lipinski definition) is 0. The molecule has 1 aliphatic rings. The van der Waals surface area contributed by atoms with E-state index in [4.69, 9.17) is 51.1 Å². The van der Waals surface area contributed by atoms with Crippen molar-refractivity contribution < 1.29 is 28.7 Å². The Hall–Kier alpha value is -3.43. The minimum atomic E-state index is -0.552. The number of ether oxygens (including phenoxy) is 2. The molecule has 0 saturated carbocycles. The summed E-state index contributed by atoms with van der Waals surface area (Å²) in [5.74, 6) is -1.39. The second kappa shape index (κ2) is 15.9. The number of halogens is 4. The predicted molar refractivity (Wildman–Crippen MR) is 167 cm³/mol. The van der Waals surface area contributed by atoms with Crippen LogP contribution in [0.5, 0.6) is 0 Å². The van der Waals surface area contributed by atoms with Gasteiger partial charge in [0.25, 0.3) is 0 Å². The van der Waals surface area contributed by atoms with Crippen molar-refractivity contribution in [2.45, 2.75) is 39.7 Å². The molecule has 1 aliphatic heterocycles. The Morgan fingerprint density at radius 3 is 1.88 bits per heavy atom. The lowest BCUT2D eigenvalue weighted by atomic mass is 10.1. The minimum Gasteiger partial charge on any atom is -0.466 e. The zero-order valence-corrected chi connectivity index (χ0v) is 26.6. The van der Waals surface area contributed by atoms with Gasteiger partial charge in [-0.15, -0.1) is 0 Å². The first-order valence-corrected chi connectivity index (χ1v) is 14.7. The van der Waals surface area contributed by atoms with Gasteiger partial charge in [-0.25, -0.2) is 9.80 Å². The topological polar surface area (TPSA) is 102 Å². The number of carbonyl (C=O) groups is 4. The van der Waals surface area contributed by atoms with E-state index in [0.29, 0.717) is 43.5 Å². The molecule has 226 valence electrons. The first kappa shape index (κ1) is 34.1. The summed E-state index contributed by atoms with van der Waals surface area (Å²) < 4.78 is 9.65. The maximum atomic E-state index is 12.5. The van der Waals surface area contributed by atoms with Crippen LogP contribution in [0.3, 0.4) is 0 Å². The molecule has 0 spiro atoms. The van der Waals surface area contributed by atoms with Gasteiger partial charge in [-0.2, -0.15) is 5.10 Å². The van der Waals surface area contributed by atoms with E-state index >= 15 is 0 Å². The molecule has 1 heterocycles. The van der Waals surface area contributed by atoms with E-state index in [1.807, 2.05) is 6.92 Å². The third kappa shape index (κ3) is 9.79. The number of carbonyl (C=O) groups excluding carboxylic acids is 4. The summed E-state index contributed by atoms with van der Waals surface area (Å²) in [4.78, 5) is 46.9. The van der Waals surface area contributed by atoms with Gasteiger partial charge in [-0.1, -0.05) is 58.5 Å². The monoisotopic (exact) mass is 664 g/mol. The zero-order valence-electron chi connectivity index (χ0n) is 23.5. The molecule has 3 aromatic rings. The van der Waals surface area contributed by atoms with Crippen LogP contribution < -0.4 is 0 Å². The summed E-state index contributed by atoms with van der Waals surface area (Å²) in [5, 5.41) is 7.63. The number of amides is 1. The number of benzene rings is 3. The van der Waals surface area contributed by atoms with Gasteiger partial charge in [0.2, 0.25) is 5.91 Å². The molecule has 0 N–H and O–H groups in total. The lowest BCUT2D eigenvalue weighted by molar-refractivity contribution is -0.142. The van der Waals surface area contributed by atoms with Crippen LogP contribution in [0.1, 0.15) is 71.5 Å². The van der Waals surface area contributed by atoms with Gasteiger partial charge in [0.1, 0.15) is 6.42 Å². The summed E-state index contributed by atoms with van der Waals surface area (Å²) in [6.45, 7) is 5.90. The largest absolute Gasteiger partial charge is 0.466 e. The van der Waals surface area contributed by atoms with Gasteiger partial charge < -0.3 is 9.47 Å². The smallest absolute Gasteiger partial charge is 0.338 e. The molecule has 1 atom stereocenters. The van der Waals surface area contributed by atoms with Gasteiger partial charge in [-0.3, -0.25) is 14.4 Å². The molecule has 12 heteroatoms. The maximum Gasteiger partial charge on any atom is 0.338 e. The average Bonchev–Trinajstić information content (AvgIpc) is 3.34. The van der Waals surface area contributed by atoms with E-state index < -0.39 is 5.97 Å². The Morgan fingerprint density at radius 2 is 1.35 bits per heavy atom. The number of ketones is 1. The predicted octanol–water partition coefficient (Wildman–Crippen LogP) is 8.00. The van der Waals surface area contributed by atoms with Crippen molar-refractivity contribution >= 4 is 75.7 Å². The van der Waals surface area contributed by atoms with Crippen LogP contribution in [0, 0.1) is 0 Å². The highest BCUT2D eigenvalue weighted by Gasteiger charge is 2.30. The van der Waals surface area contributed by atoms with Crippen molar-refractivity contribution in [3.8, 4) is 0 Å². The maximum absolute atomic E-state index is 12.5. The molecule has 1 amide bonds. The van der Waals surface area contributed by atoms with Crippen LogP contribution in [0.2, 0.25) is 20.1 Å². The molecule has 0 radical (unpaired) electrons. The van der Waals surface area contributed by atoms with Crippen LogP contribution in [0.15, 0.2) is 65.8 Å². The molecule has 0 fully saturated rings. The van der Waals surface area contributed by atoms with E-state index in [-0.39, 0.29) is 43.2 Å². The number of nitrogens with zero attached hydrogens (tertiary/aromatic N) is 2. The molecule has 0 saturated heterocycles. The molecular formula is C31H28Cl4N2O6. The standard InChI is InChI=1S/C20H18Cl2N2O3.C11H10Cl2O3/c1-3-27-20(26)14-6-4-13(5-7-14)12(2)24-19(25)11-18(23-24)15-8-16(21)10-17(22)9-15;1-2-16-11(15)6-10(14)7-3-8(12)5-9(13)4-7/h4-10,12H,3,11H2,1-2H3;3-5H,2,6H2,1H3/t12-;/m0./s1. The molecule has 0 bridgehead atoms. The SMILES string of the molecule is CCOC(=O)CC(=O)c1cc(Cl)cc(Cl)c1.CCOC(=O)c1ccc([C@H](C)N2N=C(c3cc(Cl)cc(Cl)c3)CC2=O)cc1. The van der Waals surface area contributed by atoms with Crippen LogP contribution in [-0.4, -0.2) is 47.6 Å². The quantitative estimate of drug-likeness (QED) is 0.130. The lowest BCUT2D eigenvalue weighted by Crippen LogP contribution is -2.24. The number of hydrogen-bond acceptors (Lipinski definition) is 7. The Labute approximate surface area is 269 Å². The Kier molecular flexibility index (Phi) is 12.6. The second-order valence-corrected chi connectivity index (χ2v) is 10.9. The zero-order chi connectivity index (χ0) is 31.7. The fourth-order valence-corrected chi connectivity index (χ4v) is 5.09. The van der Waals surface area contributed by atoms with Crippen molar-refractivity contribution in [1.29, 1.82) is 0 Å². The number of hydrazone groups is 1. The van der Waals surface area contributed by atoms with Crippen LogP contribution in [0.25, 0.3) is 0 Å².